The molecule has 14 heteroatoms. The SMILES string of the molecule is O=C(CN1CCC(N(C2CC2)S(=O)(=O)c2ccc(Cl)cc2)CC1)Nc1cc(C(F)(F)F)cc(C(F)(F)F)c1. The molecule has 1 heterocycles. The van der Waals surface area contributed by atoms with Gasteiger partial charge in [0.25, 0.3) is 0 Å². The minimum atomic E-state index is -5.03. The number of nitrogens with zero attached hydrogens (tertiary/aromatic N) is 2. The van der Waals surface area contributed by atoms with Crippen molar-refractivity contribution >= 4 is 33.2 Å². The van der Waals surface area contributed by atoms with E-state index in [0.717, 1.165) is 12.8 Å². The van der Waals surface area contributed by atoms with Crippen LogP contribution in [0.1, 0.15) is 36.8 Å². The molecule has 0 atom stereocenters. The van der Waals surface area contributed by atoms with Gasteiger partial charge in [-0.25, -0.2) is 8.42 Å². The Morgan fingerprint density at radius 1 is 0.895 bits per heavy atom. The summed E-state index contributed by atoms with van der Waals surface area (Å²) in [6.07, 6.45) is -7.74. The van der Waals surface area contributed by atoms with E-state index >= 15 is 0 Å². The van der Waals surface area contributed by atoms with Crippen LogP contribution in [0.25, 0.3) is 0 Å². The molecular formula is C24H24ClF6N3O3S. The van der Waals surface area contributed by atoms with Gasteiger partial charge in [-0.2, -0.15) is 30.6 Å². The fraction of sp³-hybridized carbons (Fsp3) is 0.458. The molecule has 2 fully saturated rings. The lowest BCUT2D eigenvalue weighted by atomic mass is 10.0. The van der Waals surface area contributed by atoms with Crippen molar-refractivity contribution < 1.29 is 39.6 Å². The topological polar surface area (TPSA) is 69.7 Å². The van der Waals surface area contributed by atoms with E-state index in [4.69, 9.17) is 11.6 Å². The molecule has 0 radical (unpaired) electrons. The summed E-state index contributed by atoms with van der Waals surface area (Å²) in [5.74, 6) is -0.774. The van der Waals surface area contributed by atoms with E-state index in [1.54, 1.807) is 4.90 Å². The highest BCUT2D eigenvalue weighted by Gasteiger charge is 2.43. The quantitative estimate of drug-likeness (QED) is 0.429. The first kappa shape index (κ1) is 28.7. The summed E-state index contributed by atoms with van der Waals surface area (Å²) in [6.45, 7) is 0.388. The zero-order valence-electron chi connectivity index (χ0n) is 19.8. The number of benzene rings is 2. The average Bonchev–Trinajstić information content (AvgIpc) is 3.64. The third kappa shape index (κ3) is 6.80. The van der Waals surface area contributed by atoms with Crippen LogP contribution in [0.3, 0.4) is 0 Å². The van der Waals surface area contributed by atoms with E-state index in [1.165, 1.54) is 28.6 Å². The molecule has 2 aromatic carbocycles. The second kappa shape index (κ2) is 10.7. The Balaban J connectivity index is 1.39. The molecule has 0 bridgehead atoms. The van der Waals surface area contributed by atoms with Crippen LogP contribution in [-0.4, -0.2) is 55.2 Å². The highest BCUT2D eigenvalue weighted by atomic mass is 35.5. The monoisotopic (exact) mass is 583 g/mol. The Bertz CT molecular complexity index is 1240. The van der Waals surface area contributed by atoms with Crippen LogP contribution in [0.4, 0.5) is 32.0 Å². The van der Waals surface area contributed by atoms with E-state index in [9.17, 15) is 39.6 Å². The number of nitrogens with one attached hydrogen (secondary N) is 1. The summed E-state index contributed by atoms with van der Waals surface area (Å²) >= 11 is 5.88. The fourth-order valence-electron chi connectivity index (χ4n) is 4.51. The molecule has 1 saturated carbocycles. The third-order valence-corrected chi connectivity index (χ3v) is 8.72. The molecule has 0 unspecified atom stereocenters. The van der Waals surface area contributed by atoms with E-state index in [0.29, 0.717) is 43.1 Å². The summed E-state index contributed by atoms with van der Waals surface area (Å²) in [5, 5.41) is 2.54. The Morgan fingerprint density at radius 3 is 1.87 bits per heavy atom. The first-order valence-electron chi connectivity index (χ1n) is 11.8. The number of hydrogen-bond acceptors (Lipinski definition) is 4. The Hall–Kier alpha value is -2.35. The number of piperidine rings is 1. The highest BCUT2D eigenvalue weighted by molar-refractivity contribution is 7.89. The van der Waals surface area contributed by atoms with Crippen LogP contribution in [0, 0.1) is 0 Å². The number of likely N-dealkylation sites (tertiary alicyclic amines) is 1. The number of halogens is 7. The van der Waals surface area contributed by atoms with E-state index in [2.05, 4.69) is 5.32 Å². The van der Waals surface area contributed by atoms with Crippen molar-refractivity contribution in [2.24, 2.45) is 0 Å². The number of hydrogen-bond donors (Lipinski definition) is 1. The van der Waals surface area contributed by atoms with Gasteiger partial charge >= 0.3 is 12.4 Å². The van der Waals surface area contributed by atoms with Crippen molar-refractivity contribution in [3.63, 3.8) is 0 Å². The Morgan fingerprint density at radius 2 is 1.39 bits per heavy atom. The van der Waals surface area contributed by atoms with Crippen LogP contribution < -0.4 is 5.32 Å². The summed E-state index contributed by atoms with van der Waals surface area (Å²) in [5.41, 5.74) is -3.66. The van der Waals surface area contributed by atoms with Crippen LogP contribution >= 0.6 is 11.6 Å². The second-order valence-electron chi connectivity index (χ2n) is 9.37. The van der Waals surface area contributed by atoms with E-state index in [1.807, 2.05) is 0 Å². The molecule has 2 aliphatic rings. The molecule has 2 aromatic rings. The molecule has 4 rings (SSSR count). The summed E-state index contributed by atoms with van der Waals surface area (Å²) in [6, 6.07) is 6.38. The van der Waals surface area contributed by atoms with Gasteiger partial charge in [0, 0.05) is 35.9 Å². The highest BCUT2D eigenvalue weighted by Crippen LogP contribution is 2.38. The largest absolute Gasteiger partial charge is 0.416 e. The predicted molar refractivity (Wildman–Crippen MR) is 128 cm³/mol. The van der Waals surface area contributed by atoms with Crippen LogP contribution in [0.15, 0.2) is 47.4 Å². The molecule has 1 aliphatic carbocycles. The maximum Gasteiger partial charge on any atom is 0.416 e. The van der Waals surface area contributed by atoms with Crippen molar-refractivity contribution in [2.45, 2.75) is 55.0 Å². The number of anilines is 1. The molecule has 1 saturated heterocycles. The van der Waals surface area contributed by atoms with Crippen LogP contribution in [0.2, 0.25) is 5.02 Å². The van der Waals surface area contributed by atoms with Crippen molar-refractivity contribution in [3.8, 4) is 0 Å². The number of amides is 1. The fourth-order valence-corrected chi connectivity index (χ4v) is 6.57. The van der Waals surface area contributed by atoms with Gasteiger partial charge in [0.2, 0.25) is 15.9 Å². The number of carbonyl (C=O) groups excluding carboxylic acids is 1. The van der Waals surface area contributed by atoms with Gasteiger partial charge in [-0.15, -0.1) is 0 Å². The Labute approximate surface area is 220 Å². The smallest absolute Gasteiger partial charge is 0.325 e. The molecule has 0 aromatic heterocycles. The van der Waals surface area contributed by atoms with Crippen molar-refractivity contribution in [1.29, 1.82) is 0 Å². The second-order valence-corrected chi connectivity index (χ2v) is 11.6. The van der Waals surface area contributed by atoms with Gasteiger partial charge < -0.3 is 5.32 Å². The Kier molecular flexibility index (Phi) is 8.04. The lowest BCUT2D eigenvalue weighted by Crippen LogP contribution is -2.49. The third-order valence-electron chi connectivity index (χ3n) is 6.45. The number of carbonyl (C=O) groups is 1. The van der Waals surface area contributed by atoms with Crippen LogP contribution in [0.5, 0.6) is 0 Å². The standard InChI is InChI=1S/C24H24ClF6N3O3S/c25-17-1-5-21(6-2-17)38(36,37)34(19-3-4-19)20-7-9-33(10-8-20)14-22(35)32-18-12-15(23(26,27)28)11-16(13-18)24(29,30)31/h1-2,5-6,11-13,19-20H,3-4,7-10,14H2,(H,32,35). The zero-order chi connectivity index (χ0) is 27.9. The number of sulfonamides is 1. The van der Waals surface area contributed by atoms with Crippen molar-refractivity contribution in [2.75, 3.05) is 25.0 Å². The zero-order valence-corrected chi connectivity index (χ0v) is 21.4. The first-order valence-corrected chi connectivity index (χ1v) is 13.6. The van der Waals surface area contributed by atoms with Gasteiger partial charge in [0.15, 0.2) is 0 Å². The maximum absolute atomic E-state index is 13.3. The van der Waals surface area contributed by atoms with Crippen molar-refractivity contribution in [1.82, 2.24) is 9.21 Å². The molecule has 38 heavy (non-hydrogen) atoms. The molecule has 1 aliphatic heterocycles. The number of alkyl halides is 6. The lowest BCUT2D eigenvalue weighted by molar-refractivity contribution is -0.143. The van der Waals surface area contributed by atoms with Gasteiger partial charge in [-0.3, -0.25) is 9.69 Å². The van der Waals surface area contributed by atoms with Crippen molar-refractivity contribution in [3.05, 3.63) is 58.6 Å². The van der Waals surface area contributed by atoms with E-state index < -0.39 is 45.1 Å². The lowest BCUT2D eigenvalue weighted by Gasteiger charge is -2.37. The molecule has 0 spiro atoms. The summed E-state index contributed by atoms with van der Waals surface area (Å²) < 4.78 is 107. The average molecular weight is 584 g/mol. The molecule has 1 amide bonds. The summed E-state index contributed by atoms with van der Waals surface area (Å²) in [4.78, 5) is 14.3. The normalized spacial score (nSPS) is 18.1. The van der Waals surface area contributed by atoms with Gasteiger partial charge in [0.05, 0.1) is 22.6 Å². The number of rotatable bonds is 7. The van der Waals surface area contributed by atoms with E-state index in [-0.39, 0.29) is 29.6 Å². The molecule has 6 nitrogen and oxygen atoms in total. The van der Waals surface area contributed by atoms with Gasteiger partial charge in [-0.1, -0.05) is 11.6 Å². The van der Waals surface area contributed by atoms with Gasteiger partial charge in [-0.05, 0) is 68.1 Å². The molecule has 208 valence electrons. The molecular weight excluding hydrogens is 560 g/mol. The maximum atomic E-state index is 13.3. The van der Waals surface area contributed by atoms with Crippen LogP contribution in [-0.2, 0) is 27.2 Å². The predicted octanol–water partition coefficient (Wildman–Crippen LogP) is 5.63. The summed E-state index contributed by atoms with van der Waals surface area (Å²) in [7, 11) is -3.77. The molecule has 1 N–H and O–H groups in total. The minimum absolute atomic E-state index is 0.00978. The minimum Gasteiger partial charge on any atom is -0.325 e. The first-order chi connectivity index (χ1) is 17.6. The van der Waals surface area contributed by atoms with Gasteiger partial charge in [0.1, 0.15) is 0 Å².